The van der Waals surface area contributed by atoms with Gasteiger partial charge < -0.3 is 15.0 Å². The zero-order chi connectivity index (χ0) is 18.1. The monoisotopic (exact) mass is 357 g/mol. The quantitative estimate of drug-likeness (QED) is 0.878. The van der Waals surface area contributed by atoms with Crippen LogP contribution in [0.25, 0.3) is 0 Å². The van der Waals surface area contributed by atoms with Gasteiger partial charge in [-0.05, 0) is 43.7 Å². The van der Waals surface area contributed by atoms with Crippen molar-refractivity contribution in [2.24, 2.45) is 0 Å². The van der Waals surface area contributed by atoms with Crippen LogP contribution in [0.3, 0.4) is 0 Å². The van der Waals surface area contributed by atoms with Gasteiger partial charge in [0.1, 0.15) is 6.61 Å². The number of amides is 2. The van der Waals surface area contributed by atoms with Crippen LogP contribution in [-0.4, -0.2) is 46.0 Å². The number of rotatable bonds is 5. The van der Waals surface area contributed by atoms with Crippen LogP contribution in [0.2, 0.25) is 0 Å². The van der Waals surface area contributed by atoms with Crippen molar-refractivity contribution >= 4 is 11.8 Å². The summed E-state index contributed by atoms with van der Waals surface area (Å²) in [5.74, 6) is -0.128. The lowest BCUT2D eigenvalue weighted by Crippen LogP contribution is -2.58. The number of nitrogens with one attached hydrogen (secondary N) is 1. The Labute approximate surface area is 154 Å². The maximum atomic E-state index is 13.2. The largest absolute Gasteiger partial charge is 0.356 e. The highest BCUT2D eigenvalue weighted by molar-refractivity contribution is 5.87. The summed E-state index contributed by atoms with van der Waals surface area (Å²) >= 11 is 0. The molecule has 1 aliphatic heterocycles. The lowest BCUT2D eigenvalue weighted by molar-refractivity contribution is -0.166. The molecule has 2 saturated carbocycles. The third-order valence-electron chi connectivity index (χ3n) is 6.11. The zero-order valence-electron chi connectivity index (χ0n) is 15.3. The summed E-state index contributed by atoms with van der Waals surface area (Å²) in [6.07, 6.45) is 10.0. The first kappa shape index (κ1) is 17.5. The van der Waals surface area contributed by atoms with Crippen molar-refractivity contribution in [2.75, 3.05) is 6.61 Å². The lowest BCUT2D eigenvalue weighted by Gasteiger charge is -2.42. The van der Waals surface area contributed by atoms with Crippen LogP contribution < -0.4 is 5.32 Å². The average Bonchev–Trinajstić information content (AvgIpc) is 3.40. The fraction of sp³-hybridized carbons (Fsp3) is 0.650. The molecule has 1 saturated heterocycles. The van der Waals surface area contributed by atoms with Crippen molar-refractivity contribution in [3.63, 3.8) is 0 Å². The normalized spacial score (nSPS) is 28.2. The van der Waals surface area contributed by atoms with E-state index in [0.29, 0.717) is 0 Å². The van der Waals surface area contributed by atoms with E-state index in [1.165, 1.54) is 0 Å². The summed E-state index contributed by atoms with van der Waals surface area (Å²) in [6, 6.07) is 3.60. The Balaban J connectivity index is 1.62. The van der Waals surface area contributed by atoms with Crippen LogP contribution in [0.4, 0.5) is 0 Å². The van der Waals surface area contributed by atoms with Crippen LogP contribution in [0.15, 0.2) is 24.5 Å². The maximum absolute atomic E-state index is 13.2. The highest BCUT2D eigenvalue weighted by atomic mass is 16.5. The van der Waals surface area contributed by atoms with Crippen molar-refractivity contribution < 1.29 is 14.3 Å². The van der Waals surface area contributed by atoms with Crippen LogP contribution >= 0.6 is 0 Å². The molecule has 140 valence electrons. The first-order chi connectivity index (χ1) is 12.6. The van der Waals surface area contributed by atoms with Gasteiger partial charge >= 0.3 is 0 Å². The molecule has 2 aliphatic carbocycles. The van der Waals surface area contributed by atoms with Crippen molar-refractivity contribution in [1.82, 2.24) is 15.2 Å². The molecule has 2 amide bonds. The van der Waals surface area contributed by atoms with E-state index in [1.54, 1.807) is 12.4 Å². The molecule has 0 bridgehead atoms. The molecular formula is C20H27N3O3. The topological polar surface area (TPSA) is 71.5 Å². The number of carbonyl (C=O) groups is 2. The van der Waals surface area contributed by atoms with Gasteiger partial charge in [0.2, 0.25) is 5.91 Å². The molecule has 0 unspecified atom stereocenters. The van der Waals surface area contributed by atoms with E-state index in [4.69, 9.17) is 4.74 Å². The van der Waals surface area contributed by atoms with Crippen molar-refractivity contribution in [2.45, 2.75) is 75.6 Å². The van der Waals surface area contributed by atoms with Crippen LogP contribution in [-0.2, 0) is 14.3 Å². The summed E-state index contributed by atoms with van der Waals surface area (Å²) in [5, 5.41) is 3.28. The van der Waals surface area contributed by atoms with E-state index in [2.05, 4.69) is 17.2 Å². The minimum absolute atomic E-state index is 0.0233. The Bertz CT molecular complexity index is 668. The third kappa shape index (κ3) is 3.22. The maximum Gasteiger partial charge on any atom is 0.252 e. The number of morpholine rings is 1. The molecule has 3 aliphatic rings. The van der Waals surface area contributed by atoms with E-state index >= 15 is 0 Å². The summed E-state index contributed by atoms with van der Waals surface area (Å²) in [4.78, 5) is 31.8. The van der Waals surface area contributed by atoms with Crippen molar-refractivity contribution in [3.8, 4) is 0 Å². The van der Waals surface area contributed by atoms with Gasteiger partial charge in [-0.25, -0.2) is 0 Å². The smallest absolute Gasteiger partial charge is 0.252 e. The number of pyridine rings is 1. The standard InChI is InChI=1S/C20H27N3O3/c1-2-20(9-3-4-10-20)22-19(25)18-17(14-6-5-11-21-12-14)23(15-7-8-15)16(24)13-26-18/h5-6,11-12,15,17-18H,2-4,7-10,13H2,1H3,(H,22,25)/t17-,18+/m1/s1. The Hall–Kier alpha value is -1.95. The van der Waals surface area contributed by atoms with Gasteiger partial charge in [-0.1, -0.05) is 25.8 Å². The average molecular weight is 357 g/mol. The Morgan fingerprint density at radius 3 is 2.77 bits per heavy atom. The number of hydrogen-bond donors (Lipinski definition) is 1. The van der Waals surface area contributed by atoms with E-state index in [-0.39, 0.29) is 30.0 Å². The molecule has 4 rings (SSSR count). The Morgan fingerprint density at radius 2 is 2.15 bits per heavy atom. The van der Waals surface area contributed by atoms with E-state index in [1.807, 2.05) is 17.0 Å². The van der Waals surface area contributed by atoms with Crippen molar-refractivity contribution in [3.05, 3.63) is 30.1 Å². The predicted octanol–water partition coefficient (Wildman–Crippen LogP) is 2.35. The zero-order valence-corrected chi connectivity index (χ0v) is 15.3. The fourth-order valence-corrected chi connectivity index (χ4v) is 4.47. The SMILES string of the molecule is CCC1(NC(=O)[C@H]2OCC(=O)N(C3CC3)[C@@H]2c2cccnc2)CCCC1. The summed E-state index contributed by atoms with van der Waals surface area (Å²) in [6.45, 7) is 2.11. The summed E-state index contributed by atoms with van der Waals surface area (Å²) in [5.41, 5.74) is 0.746. The van der Waals surface area contributed by atoms with Crippen molar-refractivity contribution in [1.29, 1.82) is 0 Å². The molecule has 3 fully saturated rings. The minimum atomic E-state index is -0.679. The molecule has 2 heterocycles. The third-order valence-corrected chi connectivity index (χ3v) is 6.11. The molecule has 6 heteroatoms. The first-order valence-corrected chi connectivity index (χ1v) is 9.78. The van der Waals surface area contributed by atoms with Gasteiger partial charge in [0.25, 0.3) is 5.91 Å². The molecule has 1 N–H and O–H groups in total. The Morgan fingerprint density at radius 1 is 1.38 bits per heavy atom. The van der Waals surface area contributed by atoms with Gasteiger partial charge in [0.05, 0.1) is 6.04 Å². The second kappa shape index (κ2) is 6.99. The summed E-state index contributed by atoms with van der Waals surface area (Å²) in [7, 11) is 0. The number of nitrogens with zero attached hydrogens (tertiary/aromatic N) is 2. The van der Waals surface area contributed by atoms with Gasteiger partial charge in [-0.15, -0.1) is 0 Å². The number of carbonyl (C=O) groups excluding carboxylic acids is 2. The number of ether oxygens (including phenoxy) is 1. The molecule has 1 aromatic rings. The molecular weight excluding hydrogens is 330 g/mol. The predicted molar refractivity (Wildman–Crippen MR) is 96.2 cm³/mol. The lowest BCUT2D eigenvalue weighted by atomic mass is 9.92. The van der Waals surface area contributed by atoms with E-state index in [0.717, 1.165) is 50.5 Å². The molecule has 26 heavy (non-hydrogen) atoms. The second-order valence-corrected chi connectivity index (χ2v) is 7.83. The molecule has 0 spiro atoms. The molecule has 1 aromatic heterocycles. The molecule has 6 nitrogen and oxygen atoms in total. The van der Waals surface area contributed by atoms with Gasteiger partial charge in [0, 0.05) is 24.0 Å². The number of aromatic nitrogens is 1. The van der Waals surface area contributed by atoms with E-state index in [9.17, 15) is 9.59 Å². The van der Waals surface area contributed by atoms with Gasteiger partial charge in [-0.3, -0.25) is 14.6 Å². The van der Waals surface area contributed by atoms with Crippen LogP contribution in [0, 0.1) is 0 Å². The van der Waals surface area contributed by atoms with E-state index < -0.39 is 12.1 Å². The van der Waals surface area contributed by atoms with Crippen LogP contribution in [0.1, 0.15) is 63.5 Å². The number of hydrogen-bond acceptors (Lipinski definition) is 4. The molecule has 0 radical (unpaired) electrons. The highest BCUT2D eigenvalue weighted by Gasteiger charge is 2.48. The summed E-state index contributed by atoms with van der Waals surface area (Å²) < 4.78 is 5.80. The highest BCUT2D eigenvalue weighted by Crippen LogP contribution is 2.40. The fourth-order valence-electron chi connectivity index (χ4n) is 4.47. The Kier molecular flexibility index (Phi) is 4.69. The molecule has 0 aromatic carbocycles. The minimum Gasteiger partial charge on any atom is -0.356 e. The first-order valence-electron chi connectivity index (χ1n) is 9.78. The van der Waals surface area contributed by atoms with Crippen LogP contribution in [0.5, 0.6) is 0 Å². The van der Waals surface area contributed by atoms with Gasteiger partial charge in [-0.2, -0.15) is 0 Å². The second-order valence-electron chi connectivity index (χ2n) is 7.83. The molecule has 2 atom stereocenters. The van der Waals surface area contributed by atoms with Gasteiger partial charge in [0.15, 0.2) is 6.10 Å².